The highest BCUT2D eigenvalue weighted by Crippen LogP contribution is 2.12. The summed E-state index contributed by atoms with van der Waals surface area (Å²) in [7, 11) is 0. The molecule has 2 aromatic rings. The van der Waals surface area contributed by atoms with Crippen LogP contribution in [-0.4, -0.2) is 16.9 Å². The Labute approximate surface area is 117 Å². The fraction of sp³-hybridized carbons (Fsp3) is 0.429. The van der Waals surface area contributed by atoms with Gasteiger partial charge in [0.2, 0.25) is 11.8 Å². The zero-order chi connectivity index (χ0) is 14.5. The van der Waals surface area contributed by atoms with E-state index in [1.165, 1.54) is 0 Å². The van der Waals surface area contributed by atoms with Crippen molar-refractivity contribution < 1.29 is 13.6 Å². The third kappa shape index (κ3) is 3.71. The molecule has 2 N–H and O–H groups in total. The van der Waals surface area contributed by atoms with Gasteiger partial charge in [-0.1, -0.05) is 0 Å². The molecule has 0 aromatic carbocycles. The summed E-state index contributed by atoms with van der Waals surface area (Å²) in [6, 6.07) is 3.12. The van der Waals surface area contributed by atoms with Crippen molar-refractivity contribution in [3.8, 4) is 0 Å². The molecule has 2 atom stereocenters. The molecule has 0 fully saturated rings. The summed E-state index contributed by atoms with van der Waals surface area (Å²) < 4.78 is 10.6. The number of aryl methyl sites for hydroxylation is 1. The quantitative estimate of drug-likeness (QED) is 0.843. The maximum atomic E-state index is 11.9. The Morgan fingerprint density at radius 1 is 1.45 bits per heavy atom. The van der Waals surface area contributed by atoms with Crippen LogP contribution in [-0.2, 0) is 11.3 Å². The third-order valence-electron chi connectivity index (χ3n) is 2.92. The van der Waals surface area contributed by atoms with Gasteiger partial charge in [-0.2, -0.15) is 0 Å². The Balaban J connectivity index is 1.81. The van der Waals surface area contributed by atoms with Gasteiger partial charge >= 0.3 is 0 Å². The van der Waals surface area contributed by atoms with Gasteiger partial charge in [0.25, 0.3) is 0 Å². The smallest absolute Gasteiger partial charge is 0.237 e. The first-order chi connectivity index (χ1) is 9.56. The highest BCUT2D eigenvalue weighted by Gasteiger charge is 2.18. The van der Waals surface area contributed by atoms with Crippen LogP contribution in [0.25, 0.3) is 0 Å². The molecule has 0 saturated carbocycles. The van der Waals surface area contributed by atoms with Crippen molar-refractivity contribution in [2.75, 3.05) is 0 Å². The summed E-state index contributed by atoms with van der Waals surface area (Å²) in [5.41, 5.74) is 0. The lowest BCUT2D eigenvalue weighted by molar-refractivity contribution is -0.123. The Kier molecular flexibility index (Phi) is 4.57. The minimum Gasteiger partial charge on any atom is -0.467 e. The normalized spacial score (nSPS) is 13.9. The number of aromatic nitrogens is 1. The number of rotatable bonds is 6. The van der Waals surface area contributed by atoms with Crippen LogP contribution in [0.2, 0.25) is 0 Å². The topological polar surface area (TPSA) is 80.3 Å². The summed E-state index contributed by atoms with van der Waals surface area (Å²) in [4.78, 5) is 16.1. The van der Waals surface area contributed by atoms with E-state index in [1.807, 2.05) is 19.9 Å². The van der Waals surface area contributed by atoms with Crippen molar-refractivity contribution in [2.45, 2.75) is 39.4 Å². The van der Waals surface area contributed by atoms with Gasteiger partial charge in [0.05, 0.1) is 31.1 Å². The van der Waals surface area contributed by atoms with E-state index >= 15 is 0 Å². The first-order valence-electron chi connectivity index (χ1n) is 6.54. The monoisotopic (exact) mass is 277 g/mol. The van der Waals surface area contributed by atoms with Gasteiger partial charge in [0.15, 0.2) is 0 Å². The van der Waals surface area contributed by atoms with Crippen LogP contribution in [0.15, 0.2) is 33.4 Å². The largest absolute Gasteiger partial charge is 0.467 e. The molecule has 1 amide bonds. The highest BCUT2D eigenvalue weighted by atomic mass is 16.4. The van der Waals surface area contributed by atoms with Crippen LogP contribution in [0, 0.1) is 6.92 Å². The third-order valence-corrected chi connectivity index (χ3v) is 2.92. The summed E-state index contributed by atoms with van der Waals surface area (Å²) in [5.74, 6) is 1.95. The van der Waals surface area contributed by atoms with E-state index in [-0.39, 0.29) is 18.0 Å². The number of carbonyl (C=O) groups excluding carboxylic acids is 1. The Morgan fingerprint density at radius 3 is 2.85 bits per heavy atom. The number of nitrogens with zero attached hydrogens (tertiary/aromatic N) is 1. The average molecular weight is 277 g/mol. The molecule has 0 aliphatic carbocycles. The fourth-order valence-corrected chi connectivity index (χ4v) is 1.83. The maximum Gasteiger partial charge on any atom is 0.237 e. The van der Waals surface area contributed by atoms with Crippen molar-refractivity contribution in [1.82, 2.24) is 15.6 Å². The van der Waals surface area contributed by atoms with Gasteiger partial charge in [0.1, 0.15) is 11.5 Å². The van der Waals surface area contributed by atoms with Crippen LogP contribution in [0.4, 0.5) is 0 Å². The van der Waals surface area contributed by atoms with E-state index in [2.05, 4.69) is 15.6 Å². The van der Waals surface area contributed by atoms with Gasteiger partial charge in [-0.25, -0.2) is 4.98 Å². The summed E-state index contributed by atoms with van der Waals surface area (Å²) in [6.07, 6.45) is 3.24. The van der Waals surface area contributed by atoms with Crippen LogP contribution < -0.4 is 10.6 Å². The van der Waals surface area contributed by atoms with Gasteiger partial charge < -0.3 is 14.2 Å². The van der Waals surface area contributed by atoms with Crippen molar-refractivity contribution >= 4 is 5.91 Å². The van der Waals surface area contributed by atoms with Gasteiger partial charge in [-0.3, -0.25) is 10.1 Å². The van der Waals surface area contributed by atoms with Crippen molar-refractivity contribution in [3.63, 3.8) is 0 Å². The first-order valence-corrected chi connectivity index (χ1v) is 6.54. The maximum absolute atomic E-state index is 11.9. The van der Waals surface area contributed by atoms with Crippen molar-refractivity contribution in [1.29, 1.82) is 0 Å². The molecule has 6 heteroatoms. The van der Waals surface area contributed by atoms with E-state index in [0.29, 0.717) is 12.4 Å². The number of amides is 1. The van der Waals surface area contributed by atoms with E-state index in [0.717, 1.165) is 11.5 Å². The molecule has 0 aliphatic rings. The zero-order valence-corrected chi connectivity index (χ0v) is 11.8. The minimum absolute atomic E-state index is 0.100. The second-order valence-corrected chi connectivity index (χ2v) is 4.72. The lowest BCUT2D eigenvalue weighted by Crippen LogP contribution is -2.42. The molecule has 2 rings (SSSR count). The molecule has 6 nitrogen and oxygen atoms in total. The van der Waals surface area contributed by atoms with E-state index in [4.69, 9.17) is 8.83 Å². The Morgan fingerprint density at radius 2 is 2.25 bits per heavy atom. The molecule has 2 aromatic heterocycles. The van der Waals surface area contributed by atoms with Crippen molar-refractivity contribution in [2.24, 2.45) is 0 Å². The van der Waals surface area contributed by atoms with E-state index in [9.17, 15) is 4.79 Å². The highest BCUT2D eigenvalue weighted by molar-refractivity contribution is 5.81. The molecule has 0 aliphatic heterocycles. The second kappa shape index (κ2) is 6.38. The molecule has 0 radical (unpaired) electrons. The van der Waals surface area contributed by atoms with E-state index < -0.39 is 0 Å². The molecule has 0 saturated heterocycles. The number of hydrogen-bond donors (Lipinski definition) is 2. The number of nitrogens with one attached hydrogen (secondary N) is 2. The molecular formula is C14H19N3O3. The number of furan rings is 1. The Hall–Kier alpha value is -2.08. The summed E-state index contributed by atoms with van der Waals surface area (Å²) >= 11 is 0. The number of hydrogen-bond acceptors (Lipinski definition) is 5. The SMILES string of the molecule is Cc1cnc(C(C)NC(C)C(=O)NCc2ccco2)o1. The lowest BCUT2D eigenvalue weighted by atomic mass is 10.2. The minimum atomic E-state index is -0.354. The summed E-state index contributed by atoms with van der Waals surface area (Å²) in [6.45, 7) is 5.92. The molecule has 0 bridgehead atoms. The van der Waals surface area contributed by atoms with Crippen LogP contribution in [0.1, 0.15) is 37.3 Å². The van der Waals surface area contributed by atoms with Crippen LogP contribution >= 0.6 is 0 Å². The summed E-state index contributed by atoms with van der Waals surface area (Å²) in [5, 5.41) is 5.94. The first kappa shape index (κ1) is 14.3. The molecular weight excluding hydrogens is 258 g/mol. The van der Waals surface area contributed by atoms with Gasteiger partial charge in [0, 0.05) is 0 Å². The molecule has 2 heterocycles. The predicted octanol–water partition coefficient (Wildman–Crippen LogP) is 1.93. The number of carbonyl (C=O) groups is 1. The molecule has 20 heavy (non-hydrogen) atoms. The zero-order valence-electron chi connectivity index (χ0n) is 11.8. The average Bonchev–Trinajstić information content (AvgIpc) is 3.06. The van der Waals surface area contributed by atoms with Crippen LogP contribution in [0.3, 0.4) is 0 Å². The second-order valence-electron chi connectivity index (χ2n) is 4.72. The van der Waals surface area contributed by atoms with Gasteiger partial charge in [-0.15, -0.1) is 0 Å². The molecule has 0 spiro atoms. The van der Waals surface area contributed by atoms with Gasteiger partial charge in [-0.05, 0) is 32.9 Å². The molecule has 2 unspecified atom stereocenters. The fourth-order valence-electron chi connectivity index (χ4n) is 1.83. The lowest BCUT2D eigenvalue weighted by Gasteiger charge is -2.17. The van der Waals surface area contributed by atoms with E-state index in [1.54, 1.807) is 25.5 Å². The predicted molar refractivity (Wildman–Crippen MR) is 72.8 cm³/mol. The van der Waals surface area contributed by atoms with Crippen LogP contribution in [0.5, 0.6) is 0 Å². The number of oxazole rings is 1. The molecule has 108 valence electrons. The van der Waals surface area contributed by atoms with Crippen molar-refractivity contribution in [3.05, 3.63) is 42.0 Å². The standard InChI is InChI=1S/C14H19N3O3/c1-9-7-16-14(20-9)11(3)17-10(2)13(18)15-8-12-5-4-6-19-12/h4-7,10-11,17H,8H2,1-3H3,(H,15,18). The Bertz CT molecular complexity index is 548.